The number of piperidine rings is 1. The number of amides is 2. The Morgan fingerprint density at radius 2 is 1.69 bits per heavy atom. The Hall–Kier alpha value is -1.93. The summed E-state index contributed by atoms with van der Waals surface area (Å²) in [6, 6.07) is 6.95. The first-order valence-corrected chi connectivity index (χ1v) is 13.5. The normalized spacial score (nSPS) is 20.5. The molecule has 8 heteroatoms. The van der Waals surface area contributed by atoms with Gasteiger partial charge in [0.25, 0.3) is 0 Å². The van der Waals surface area contributed by atoms with E-state index < -0.39 is 10.0 Å². The minimum atomic E-state index is -3.45. The maximum Gasteiger partial charge on any atom is 0.243 e. The zero-order valence-corrected chi connectivity index (χ0v) is 20.0. The smallest absolute Gasteiger partial charge is 0.243 e. The van der Waals surface area contributed by atoms with Crippen LogP contribution in [-0.4, -0.2) is 62.2 Å². The molecule has 1 aromatic rings. The molecule has 1 aromatic carbocycles. The number of carbonyl (C=O) groups excluding carboxylic acids is 2. The van der Waals surface area contributed by atoms with E-state index in [4.69, 9.17) is 0 Å². The summed E-state index contributed by atoms with van der Waals surface area (Å²) >= 11 is 0. The predicted octanol–water partition coefficient (Wildman–Crippen LogP) is 2.95. The van der Waals surface area contributed by atoms with E-state index >= 15 is 0 Å². The Labute approximate surface area is 192 Å². The molecule has 0 radical (unpaired) electrons. The molecule has 2 heterocycles. The van der Waals surface area contributed by atoms with Crippen molar-refractivity contribution in [3.05, 3.63) is 29.8 Å². The Kier molecular flexibility index (Phi) is 9.11. The average Bonchev–Trinajstić information content (AvgIpc) is 3.11. The topological polar surface area (TPSA) is 86.8 Å². The maximum absolute atomic E-state index is 12.9. The molecule has 0 aliphatic carbocycles. The summed E-state index contributed by atoms with van der Waals surface area (Å²) in [7, 11) is -3.45. The van der Waals surface area contributed by atoms with Gasteiger partial charge in [0.2, 0.25) is 21.8 Å². The van der Waals surface area contributed by atoms with Crippen LogP contribution < -0.4 is 5.32 Å². The zero-order chi connectivity index (χ0) is 23.0. The van der Waals surface area contributed by atoms with Gasteiger partial charge in [0.05, 0.1) is 10.8 Å². The van der Waals surface area contributed by atoms with E-state index in [1.807, 2.05) is 19.1 Å². The summed E-state index contributed by atoms with van der Waals surface area (Å²) in [6.45, 7) is 5.06. The summed E-state index contributed by atoms with van der Waals surface area (Å²) in [5.74, 6) is -0.0208. The Balaban J connectivity index is 1.52. The molecule has 2 aliphatic heterocycles. The summed E-state index contributed by atoms with van der Waals surface area (Å²) in [5.41, 5.74) is 0.947. The van der Waals surface area contributed by atoms with Crippen molar-refractivity contribution in [2.75, 3.05) is 32.7 Å². The van der Waals surface area contributed by atoms with E-state index in [-0.39, 0.29) is 17.7 Å². The lowest BCUT2D eigenvalue weighted by Gasteiger charge is -2.32. The molecular formula is C24H37N3O4S. The zero-order valence-electron chi connectivity index (χ0n) is 19.2. The predicted molar refractivity (Wildman–Crippen MR) is 125 cm³/mol. The van der Waals surface area contributed by atoms with Crippen LogP contribution in [0.15, 0.2) is 29.2 Å². The molecule has 3 rings (SSSR count). The number of carbonyl (C=O) groups is 2. The second-order valence-electron chi connectivity index (χ2n) is 8.93. The first kappa shape index (κ1) is 24.7. The molecule has 178 valence electrons. The number of sulfonamides is 1. The molecule has 1 unspecified atom stereocenters. The van der Waals surface area contributed by atoms with Crippen LogP contribution in [-0.2, 0) is 26.0 Å². The molecule has 1 N–H and O–H groups in total. The van der Waals surface area contributed by atoms with Crippen LogP contribution in [0.25, 0.3) is 0 Å². The maximum atomic E-state index is 12.9. The summed E-state index contributed by atoms with van der Waals surface area (Å²) in [4.78, 5) is 27.1. The average molecular weight is 464 g/mol. The van der Waals surface area contributed by atoms with Gasteiger partial charge in [0.1, 0.15) is 0 Å². The van der Waals surface area contributed by atoms with Gasteiger partial charge in [-0.05, 0) is 56.2 Å². The van der Waals surface area contributed by atoms with Crippen molar-refractivity contribution >= 4 is 21.8 Å². The molecule has 0 bridgehead atoms. The van der Waals surface area contributed by atoms with Gasteiger partial charge in [-0.1, -0.05) is 31.9 Å². The van der Waals surface area contributed by atoms with Crippen LogP contribution in [0.5, 0.6) is 0 Å². The second-order valence-corrected chi connectivity index (χ2v) is 10.9. The quantitative estimate of drug-likeness (QED) is 0.642. The third-order valence-electron chi connectivity index (χ3n) is 6.45. The number of nitrogens with zero attached hydrogens (tertiary/aromatic N) is 2. The highest BCUT2D eigenvalue weighted by atomic mass is 32.2. The molecule has 7 nitrogen and oxygen atoms in total. The van der Waals surface area contributed by atoms with Crippen LogP contribution in [0.3, 0.4) is 0 Å². The van der Waals surface area contributed by atoms with E-state index in [1.165, 1.54) is 0 Å². The van der Waals surface area contributed by atoms with Gasteiger partial charge in [0, 0.05) is 39.1 Å². The number of hydrogen-bond donors (Lipinski definition) is 1. The summed E-state index contributed by atoms with van der Waals surface area (Å²) in [5, 5.41) is 2.93. The van der Waals surface area contributed by atoms with Crippen molar-refractivity contribution < 1.29 is 18.0 Å². The monoisotopic (exact) mass is 463 g/mol. The highest BCUT2D eigenvalue weighted by molar-refractivity contribution is 7.89. The highest BCUT2D eigenvalue weighted by Gasteiger charge is 2.28. The molecule has 2 aliphatic rings. The standard InChI is InChI=1S/C24H37N3O4S/c1-2-15-25-24(29)21-8-7-16-26(19-21)23(28)14-11-20-9-12-22(13-10-20)32(30,31)27-17-5-3-4-6-18-27/h9-10,12-13,21H,2-8,11,14-19H2,1H3,(H,25,29). The molecule has 0 saturated carbocycles. The lowest BCUT2D eigenvalue weighted by Crippen LogP contribution is -2.45. The molecular weight excluding hydrogens is 426 g/mol. The van der Waals surface area contributed by atoms with E-state index in [0.717, 1.165) is 50.5 Å². The molecule has 2 fully saturated rings. The number of aryl methyl sites for hydroxylation is 1. The van der Waals surface area contributed by atoms with Gasteiger partial charge in [0.15, 0.2) is 0 Å². The Morgan fingerprint density at radius 1 is 1.00 bits per heavy atom. The number of likely N-dealkylation sites (tertiary alicyclic amines) is 1. The van der Waals surface area contributed by atoms with Crippen LogP contribution in [0.1, 0.15) is 63.9 Å². The van der Waals surface area contributed by atoms with Crippen LogP contribution in [0, 0.1) is 5.92 Å². The van der Waals surface area contributed by atoms with Crippen LogP contribution in [0.2, 0.25) is 0 Å². The first-order chi connectivity index (χ1) is 15.4. The van der Waals surface area contributed by atoms with Gasteiger partial charge in [-0.25, -0.2) is 8.42 Å². The van der Waals surface area contributed by atoms with Gasteiger partial charge in [-0.2, -0.15) is 4.31 Å². The number of rotatable bonds is 8. The van der Waals surface area contributed by atoms with E-state index in [0.29, 0.717) is 50.5 Å². The van der Waals surface area contributed by atoms with Gasteiger partial charge >= 0.3 is 0 Å². The van der Waals surface area contributed by atoms with Crippen molar-refractivity contribution in [1.82, 2.24) is 14.5 Å². The Bertz CT molecular complexity index is 862. The summed E-state index contributed by atoms with van der Waals surface area (Å²) < 4.78 is 27.4. The molecule has 0 spiro atoms. The van der Waals surface area contributed by atoms with Crippen LogP contribution >= 0.6 is 0 Å². The number of benzene rings is 1. The molecule has 32 heavy (non-hydrogen) atoms. The molecule has 0 aromatic heterocycles. The summed E-state index contributed by atoms with van der Waals surface area (Å²) in [6.07, 6.45) is 7.49. The first-order valence-electron chi connectivity index (χ1n) is 12.1. The Morgan fingerprint density at radius 3 is 2.34 bits per heavy atom. The molecule has 2 saturated heterocycles. The molecule has 1 atom stereocenters. The lowest BCUT2D eigenvalue weighted by atomic mass is 9.96. The fourth-order valence-electron chi connectivity index (χ4n) is 4.48. The third kappa shape index (κ3) is 6.54. The van der Waals surface area contributed by atoms with Crippen molar-refractivity contribution in [2.45, 2.75) is 69.6 Å². The second kappa shape index (κ2) is 11.8. The van der Waals surface area contributed by atoms with Crippen molar-refractivity contribution in [2.24, 2.45) is 5.92 Å². The number of nitrogens with one attached hydrogen (secondary N) is 1. The molecule has 2 amide bonds. The van der Waals surface area contributed by atoms with Crippen molar-refractivity contribution in [3.63, 3.8) is 0 Å². The van der Waals surface area contributed by atoms with E-state index in [9.17, 15) is 18.0 Å². The van der Waals surface area contributed by atoms with Crippen molar-refractivity contribution in [3.8, 4) is 0 Å². The number of hydrogen-bond acceptors (Lipinski definition) is 4. The minimum Gasteiger partial charge on any atom is -0.356 e. The fraction of sp³-hybridized carbons (Fsp3) is 0.667. The van der Waals surface area contributed by atoms with E-state index in [2.05, 4.69) is 5.32 Å². The van der Waals surface area contributed by atoms with Crippen LogP contribution in [0.4, 0.5) is 0 Å². The third-order valence-corrected chi connectivity index (χ3v) is 8.36. The largest absolute Gasteiger partial charge is 0.356 e. The minimum absolute atomic E-state index is 0.0468. The van der Waals surface area contributed by atoms with Gasteiger partial charge in [-0.3, -0.25) is 9.59 Å². The SMILES string of the molecule is CCCNC(=O)C1CCCN(C(=O)CCc2ccc(S(=O)(=O)N3CCCCCC3)cc2)C1. The highest BCUT2D eigenvalue weighted by Crippen LogP contribution is 2.22. The van der Waals surface area contributed by atoms with Crippen molar-refractivity contribution in [1.29, 1.82) is 0 Å². The van der Waals surface area contributed by atoms with Gasteiger partial charge < -0.3 is 10.2 Å². The van der Waals surface area contributed by atoms with Gasteiger partial charge in [-0.15, -0.1) is 0 Å². The fourth-order valence-corrected chi connectivity index (χ4v) is 6.00. The lowest BCUT2D eigenvalue weighted by molar-refractivity contribution is -0.135. The van der Waals surface area contributed by atoms with E-state index in [1.54, 1.807) is 21.3 Å².